The molecule has 0 bridgehead atoms. The van der Waals surface area contributed by atoms with E-state index in [1.165, 1.54) is 0 Å². The average Bonchev–Trinajstić information content (AvgIpc) is 2.27. The molecule has 0 radical (unpaired) electrons. The summed E-state index contributed by atoms with van der Waals surface area (Å²) in [4.78, 5) is 10.4. The number of ether oxygens (including phenoxy) is 1. The lowest BCUT2D eigenvalue weighted by Gasteiger charge is -2.02. The molecule has 1 unspecified atom stereocenters. The van der Waals surface area contributed by atoms with Gasteiger partial charge in [0.15, 0.2) is 0 Å². The van der Waals surface area contributed by atoms with Crippen LogP contribution in [0.4, 0.5) is 5.69 Å². The minimum absolute atomic E-state index is 0.335. The SMILES string of the molecule is CCOC(=O)C(Br)N=Nc1ccccc1. The van der Waals surface area contributed by atoms with Gasteiger partial charge in [-0.15, -0.1) is 0 Å². The highest BCUT2D eigenvalue weighted by molar-refractivity contribution is 9.10. The van der Waals surface area contributed by atoms with E-state index in [2.05, 4.69) is 26.2 Å². The standard InChI is InChI=1S/C10H11BrN2O2/c1-2-15-10(14)9(11)13-12-8-6-4-3-5-7-8/h3-7,9H,2H2,1H3. The van der Waals surface area contributed by atoms with Crippen molar-refractivity contribution >= 4 is 27.6 Å². The highest BCUT2D eigenvalue weighted by atomic mass is 79.9. The summed E-state index contributed by atoms with van der Waals surface area (Å²) in [5.74, 6) is -0.433. The Morgan fingerprint density at radius 2 is 2.13 bits per heavy atom. The largest absolute Gasteiger partial charge is 0.464 e. The van der Waals surface area contributed by atoms with Gasteiger partial charge in [0.1, 0.15) is 0 Å². The van der Waals surface area contributed by atoms with Gasteiger partial charge < -0.3 is 4.74 Å². The third-order valence-electron chi connectivity index (χ3n) is 1.51. The van der Waals surface area contributed by atoms with Crippen LogP contribution in [-0.2, 0) is 9.53 Å². The number of hydrogen-bond acceptors (Lipinski definition) is 4. The minimum Gasteiger partial charge on any atom is -0.464 e. The highest BCUT2D eigenvalue weighted by Gasteiger charge is 2.14. The highest BCUT2D eigenvalue weighted by Crippen LogP contribution is 2.13. The molecular formula is C10H11BrN2O2. The second kappa shape index (κ2) is 6.29. The van der Waals surface area contributed by atoms with Gasteiger partial charge in [-0.25, -0.2) is 4.79 Å². The van der Waals surface area contributed by atoms with Crippen molar-refractivity contribution in [3.63, 3.8) is 0 Å². The lowest BCUT2D eigenvalue weighted by molar-refractivity contribution is -0.142. The average molecular weight is 271 g/mol. The Kier molecular flexibility index (Phi) is 4.97. The van der Waals surface area contributed by atoms with Gasteiger partial charge in [0.25, 0.3) is 0 Å². The Labute approximate surface area is 96.5 Å². The lowest BCUT2D eigenvalue weighted by Crippen LogP contribution is -2.14. The van der Waals surface area contributed by atoms with Gasteiger partial charge in [-0.2, -0.15) is 10.2 Å². The maximum absolute atomic E-state index is 11.1. The fourth-order valence-corrected chi connectivity index (χ4v) is 1.09. The summed E-state index contributed by atoms with van der Waals surface area (Å²) in [6, 6.07) is 9.18. The number of nitrogens with zero attached hydrogens (tertiary/aromatic N) is 2. The fraction of sp³-hybridized carbons (Fsp3) is 0.300. The number of carbonyl (C=O) groups is 1. The molecule has 80 valence electrons. The summed E-state index contributed by atoms with van der Waals surface area (Å²) < 4.78 is 4.75. The predicted octanol–water partition coefficient (Wildman–Crippen LogP) is 3.05. The van der Waals surface area contributed by atoms with Crippen LogP contribution in [0.25, 0.3) is 0 Å². The molecule has 0 spiro atoms. The number of hydrogen-bond donors (Lipinski definition) is 0. The molecule has 15 heavy (non-hydrogen) atoms. The summed E-state index contributed by atoms with van der Waals surface area (Å²) in [6.45, 7) is 2.08. The van der Waals surface area contributed by atoms with Gasteiger partial charge in [0, 0.05) is 0 Å². The number of alkyl halides is 1. The van der Waals surface area contributed by atoms with E-state index in [9.17, 15) is 4.79 Å². The Morgan fingerprint density at radius 3 is 2.73 bits per heavy atom. The Hall–Kier alpha value is -1.23. The molecule has 0 amide bonds. The summed E-state index contributed by atoms with van der Waals surface area (Å²) in [6.07, 6.45) is 0. The summed E-state index contributed by atoms with van der Waals surface area (Å²) in [7, 11) is 0. The minimum atomic E-state index is -0.738. The van der Waals surface area contributed by atoms with E-state index in [-0.39, 0.29) is 0 Å². The van der Waals surface area contributed by atoms with Gasteiger partial charge in [-0.05, 0) is 35.0 Å². The molecule has 1 atom stereocenters. The second-order valence-electron chi connectivity index (χ2n) is 2.64. The normalized spacial score (nSPS) is 12.7. The van der Waals surface area contributed by atoms with Crippen LogP contribution in [0.2, 0.25) is 0 Å². The topological polar surface area (TPSA) is 51.0 Å². The number of carbonyl (C=O) groups excluding carboxylic acids is 1. The van der Waals surface area contributed by atoms with Crippen LogP contribution in [0.15, 0.2) is 40.6 Å². The molecule has 0 fully saturated rings. The maximum atomic E-state index is 11.1. The van der Waals surface area contributed by atoms with E-state index >= 15 is 0 Å². The zero-order valence-corrected chi connectivity index (χ0v) is 9.85. The quantitative estimate of drug-likeness (QED) is 0.366. The lowest BCUT2D eigenvalue weighted by atomic mass is 10.3. The van der Waals surface area contributed by atoms with Crippen LogP contribution in [-0.4, -0.2) is 17.5 Å². The molecule has 1 aromatic carbocycles. The third-order valence-corrected chi connectivity index (χ3v) is 2.07. The summed E-state index contributed by atoms with van der Waals surface area (Å²) >= 11 is 3.07. The van der Waals surface area contributed by atoms with Gasteiger partial charge in [0.2, 0.25) is 4.95 Å². The van der Waals surface area contributed by atoms with E-state index in [0.29, 0.717) is 12.3 Å². The van der Waals surface area contributed by atoms with Gasteiger partial charge in [0.05, 0.1) is 12.3 Å². The van der Waals surface area contributed by atoms with Crippen LogP contribution in [0.1, 0.15) is 6.92 Å². The monoisotopic (exact) mass is 270 g/mol. The van der Waals surface area contributed by atoms with Crippen molar-refractivity contribution in [3.8, 4) is 0 Å². The third kappa shape index (κ3) is 4.20. The Morgan fingerprint density at radius 1 is 1.47 bits per heavy atom. The maximum Gasteiger partial charge on any atom is 0.343 e. The Bertz CT molecular complexity index is 341. The number of azo groups is 1. The molecule has 0 aliphatic heterocycles. The van der Waals surface area contributed by atoms with Crippen molar-refractivity contribution < 1.29 is 9.53 Å². The number of esters is 1. The zero-order chi connectivity index (χ0) is 11.1. The smallest absolute Gasteiger partial charge is 0.343 e. The molecule has 4 nitrogen and oxygen atoms in total. The molecule has 0 N–H and O–H groups in total. The van der Waals surface area contributed by atoms with Crippen molar-refractivity contribution in [2.45, 2.75) is 11.9 Å². The first-order valence-corrected chi connectivity index (χ1v) is 5.42. The molecule has 0 heterocycles. The van der Waals surface area contributed by atoms with Crippen molar-refractivity contribution in [1.82, 2.24) is 0 Å². The first-order valence-electron chi connectivity index (χ1n) is 4.50. The molecule has 1 rings (SSSR count). The van der Waals surface area contributed by atoms with Crippen molar-refractivity contribution in [2.75, 3.05) is 6.61 Å². The molecular weight excluding hydrogens is 260 g/mol. The van der Waals surface area contributed by atoms with Crippen molar-refractivity contribution in [2.24, 2.45) is 10.2 Å². The van der Waals surface area contributed by atoms with E-state index < -0.39 is 10.9 Å². The van der Waals surface area contributed by atoms with Crippen LogP contribution < -0.4 is 0 Å². The molecule has 0 aliphatic rings. The van der Waals surface area contributed by atoms with E-state index in [1.54, 1.807) is 19.1 Å². The van der Waals surface area contributed by atoms with E-state index in [1.807, 2.05) is 18.2 Å². The number of rotatable bonds is 4. The molecule has 0 aliphatic carbocycles. The van der Waals surface area contributed by atoms with Crippen LogP contribution in [0.5, 0.6) is 0 Å². The van der Waals surface area contributed by atoms with Crippen LogP contribution in [0.3, 0.4) is 0 Å². The summed E-state index contributed by atoms with van der Waals surface area (Å²) in [5.41, 5.74) is 0.700. The van der Waals surface area contributed by atoms with Gasteiger partial charge in [-0.1, -0.05) is 18.2 Å². The first-order chi connectivity index (χ1) is 7.24. The van der Waals surface area contributed by atoms with Crippen molar-refractivity contribution in [1.29, 1.82) is 0 Å². The molecule has 0 saturated carbocycles. The predicted molar refractivity (Wildman–Crippen MR) is 60.3 cm³/mol. The van der Waals surface area contributed by atoms with Gasteiger partial charge >= 0.3 is 5.97 Å². The van der Waals surface area contributed by atoms with Crippen LogP contribution in [0, 0.1) is 0 Å². The Balaban J connectivity index is 2.54. The second-order valence-corrected chi connectivity index (χ2v) is 3.51. The van der Waals surface area contributed by atoms with Crippen molar-refractivity contribution in [3.05, 3.63) is 30.3 Å². The van der Waals surface area contributed by atoms with Crippen LogP contribution >= 0.6 is 15.9 Å². The van der Waals surface area contributed by atoms with E-state index in [4.69, 9.17) is 4.74 Å². The first kappa shape index (κ1) is 11.8. The molecule has 0 aromatic heterocycles. The van der Waals surface area contributed by atoms with Gasteiger partial charge in [-0.3, -0.25) is 0 Å². The number of halogens is 1. The fourth-order valence-electron chi connectivity index (χ4n) is 0.870. The summed E-state index contributed by atoms with van der Waals surface area (Å²) in [5, 5.41) is 7.67. The number of benzene rings is 1. The van der Waals surface area contributed by atoms with E-state index in [0.717, 1.165) is 0 Å². The molecule has 0 saturated heterocycles. The molecule has 5 heteroatoms. The molecule has 1 aromatic rings. The zero-order valence-electron chi connectivity index (χ0n) is 8.26.